The number of esters is 1. The first-order valence-electron chi connectivity index (χ1n) is 18.0. The molecule has 10 nitrogen and oxygen atoms in total. The second kappa shape index (κ2) is 18.3. The first-order valence-corrected chi connectivity index (χ1v) is 18.8. The van der Waals surface area contributed by atoms with Gasteiger partial charge in [0.05, 0.1) is 19.6 Å². The molecular formula is C39H53FN4O6S. The Balaban J connectivity index is 1.29. The number of carbonyl (C=O) groups excluding carboxylic acids is 2. The van der Waals surface area contributed by atoms with Crippen LogP contribution in [0.5, 0.6) is 5.75 Å². The van der Waals surface area contributed by atoms with Crippen molar-refractivity contribution in [2.24, 2.45) is 11.8 Å². The number of likely N-dealkylation sites (N-methyl/N-ethyl adjacent to an activating group) is 1. The normalized spacial score (nSPS) is 26.8. The number of ether oxygens (including phenoxy) is 3. The monoisotopic (exact) mass is 724 g/mol. The molecule has 1 N–H and O–H groups in total. The largest absolute Gasteiger partial charge is 0.497 e. The Kier molecular flexibility index (Phi) is 13.8. The number of nitrogens with zero attached hydrogens (tertiary/aromatic N) is 4. The van der Waals surface area contributed by atoms with Crippen LogP contribution in [0.1, 0.15) is 45.6 Å². The number of cyclic esters (lactones) is 1. The molecule has 0 bridgehead atoms. The summed E-state index contributed by atoms with van der Waals surface area (Å²) in [6, 6.07) is 13.0. The van der Waals surface area contributed by atoms with Gasteiger partial charge in [0, 0.05) is 68.9 Å². The van der Waals surface area contributed by atoms with E-state index in [0.29, 0.717) is 31.5 Å². The molecule has 3 aliphatic rings. The number of halogens is 1. The number of amides is 1. The molecule has 0 saturated carbocycles. The Morgan fingerprint density at radius 1 is 0.980 bits per heavy atom. The van der Waals surface area contributed by atoms with Crippen molar-refractivity contribution in [3.63, 3.8) is 0 Å². The van der Waals surface area contributed by atoms with E-state index < -0.39 is 24.3 Å². The summed E-state index contributed by atoms with van der Waals surface area (Å²) >= 11 is 1.71. The Labute approximate surface area is 306 Å². The first kappa shape index (κ1) is 38.6. The highest BCUT2D eigenvalue weighted by Gasteiger charge is 2.29. The smallest absolute Gasteiger partial charge is 0.410 e. The molecule has 1 unspecified atom stereocenters. The van der Waals surface area contributed by atoms with Gasteiger partial charge in [-0.25, -0.2) is 13.5 Å². The molecule has 2 aromatic carbocycles. The van der Waals surface area contributed by atoms with Crippen molar-refractivity contribution in [2.45, 2.75) is 63.2 Å². The topological polar surface area (TPSA) is 95.0 Å². The van der Waals surface area contributed by atoms with Crippen LogP contribution in [-0.2, 0) is 14.3 Å². The molecule has 5 rings (SSSR count). The molecule has 0 aliphatic carbocycles. The minimum Gasteiger partial charge on any atom is -0.497 e. The number of rotatable bonds is 7. The predicted octanol–water partition coefficient (Wildman–Crippen LogP) is 6.10. The number of anilines is 1. The number of carbonyl (C=O) groups is 2. The van der Waals surface area contributed by atoms with Crippen molar-refractivity contribution in [3.05, 3.63) is 71.6 Å². The Morgan fingerprint density at radius 3 is 2.37 bits per heavy atom. The Hall–Kier alpha value is -3.58. The first-order chi connectivity index (χ1) is 24.5. The summed E-state index contributed by atoms with van der Waals surface area (Å²) in [6.45, 7) is 11.7. The lowest BCUT2D eigenvalue weighted by molar-refractivity contribution is -0.151. The Morgan fingerprint density at radius 2 is 1.69 bits per heavy atom. The van der Waals surface area contributed by atoms with E-state index >= 15 is 4.39 Å². The third-order valence-electron chi connectivity index (χ3n) is 9.90. The second-order valence-corrected chi connectivity index (χ2v) is 15.2. The van der Waals surface area contributed by atoms with Crippen LogP contribution in [0.15, 0.2) is 65.1 Å². The van der Waals surface area contributed by atoms with Gasteiger partial charge < -0.3 is 34.0 Å². The number of piperazine rings is 2. The van der Waals surface area contributed by atoms with Gasteiger partial charge in [0.1, 0.15) is 23.8 Å². The molecule has 3 aliphatic heterocycles. The number of aliphatic hydroxyl groups excluding tert-OH is 1. The molecule has 1 amide bonds. The van der Waals surface area contributed by atoms with Gasteiger partial charge in [-0.15, -0.1) is 0 Å². The van der Waals surface area contributed by atoms with E-state index in [1.165, 1.54) is 6.07 Å². The SMILES string of the molecule is COc1ccc(SN2CCN(c3cc(F)cc(/C=C(\C)C4OC(=O)C[C@H](O)CC[C@H](C)[C@@H](OC(=O)N5CCN(C)CC5)/C=C/[C@@H]4C)c3)CC2)cc1. The molecule has 2 saturated heterocycles. The number of hydrogen-bond acceptors (Lipinski definition) is 10. The van der Waals surface area contributed by atoms with E-state index in [9.17, 15) is 14.7 Å². The lowest BCUT2D eigenvalue weighted by Crippen LogP contribution is -2.48. The summed E-state index contributed by atoms with van der Waals surface area (Å²) < 4.78 is 34.7. The lowest BCUT2D eigenvalue weighted by Gasteiger charge is -2.35. The summed E-state index contributed by atoms with van der Waals surface area (Å²) in [7, 11) is 3.69. The zero-order valence-electron chi connectivity index (χ0n) is 30.5. The van der Waals surface area contributed by atoms with Gasteiger partial charge in [-0.05, 0) is 104 Å². The Bertz CT molecular complexity index is 1520. The molecule has 0 spiro atoms. The average Bonchev–Trinajstić information content (AvgIpc) is 3.11. The number of benzene rings is 2. The van der Waals surface area contributed by atoms with Crippen LogP contribution in [0, 0.1) is 17.7 Å². The van der Waals surface area contributed by atoms with Gasteiger partial charge in [0.2, 0.25) is 0 Å². The summed E-state index contributed by atoms with van der Waals surface area (Å²) in [5, 5.41) is 10.7. The van der Waals surface area contributed by atoms with Gasteiger partial charge >= 0.3 is 12.1 Å². The van der Waals surface area contributed by atoms with Crippen molar-refractivity contribution in [1.29, 1.82) is 0 Å². The summed E-state index contributed by atoms with van der Waals surface area (Å²) in [5.74, 6) is -0.362. The molecule has 278 valence electrons. The molecule has 5 atom stereocenters. The standard InChI is InChI=1S/C39H53FN4O6S/c1-27-6-8-33(45)26-37(46)50-38(28(2)7-13-36(27)49-39(47)43-16-14-41(4)15-17-43)29(3)22-30-23-31(40)25-32(24-30)42-18-20-44(21-19-42)51-35-11-9-34(48-5)10-12-35/h7,9-13,22-25,27-28,33,36,38,45H,6,8,14-21,26H2,1-5H3/b13-7+,29-22+/t27-,28-,33+,36-,38?/m0/s1. The molecule has 3 heterocycles. The van der Waals surface area contributed by atoms with Gasteiger partial charge in [0.15, 0.2) is 0 Å². The fourth-order valence-electron chi connectivity index (χ4n) is 6.66. The molecule has 2 fully saturated rings. The van der Waals surface area contributed by atoms with Crippen LogP contribution in [0.2, 0.25) is 0 Å². The number of hydrogen-bond donors (Lipinski definition) is 1. The van der Waals surface area contributed by atoms with E-state index in [-0.39, 0.29) is 30.2 Å². The zero-order chi connectivity index (χ0) is 36.5. The molecule has 0 radical (unpaired) electrons. The average molecular weight is 725 g/mol. The van der Waals surface area contributed by atoms with Crippen molar-refractivity contribution in [2.75, 3.05) is 71.4 Å². The molecular weight excluding hydrogens is 672 g/mol. The molecule has 0 aromatic heterocycles. The second-order valence-electron chi connectivity index (χ2n) is 14.0. The van der Waals surface area contributed by atoms with Crippen LogP contribution < -0.4 is 9.64 Å². The van der Waals surface area contributed by atoms with Crippen molar-refractivity contribution >= 4 is 35.8 Å². The highest BCUT2D eigenvalue weighted by Crippen LogP contribution is 2.30. The third kappa shape index (κ3) is 11.2. The minimum atomic E-state index is -0.876. The molecule has 12 heteroatoms. The van der Waals surface area contributed by atoms with Crippen LogP contribution in [0.3, 0.4) is 0 Å². The van der Waals surface area contributed by atoms with Crippen molar-refractivity contribution < 1.29 is 33.3 Å². The fourth-order valence-corrected chi connectivity index (χ4v) is 7.56. The number of aliphatic hydroxyl groups is 1. The summed E-state index contributed by atoms with van der Waals surface area (Å²) in [4.78, 5) is 33.4. The lowest BCUT2D eigenvalue weighted by atomic mass is 9.91. The quantitative estimate of drug-likeness (QED) is 0.205. The maximum atomic E-state index is 15.1. The van der Waals surface area contributed by atoms with Crippen LogP contribution in [-0.4, -0.2) is 116 Å². The van der Waals surface area contributed by atoms with E-state index in [2.05, 4.69) is 14.1 Å². The van der Waals surface area contributed by atoms with E-state index in [1.807, 2.05) is 76.4 Å². The van der Waals surface area contributed by atoms with Gasteiger partial charge in [-0.2, -0.15) is 0 Å². The predicted molar refractivity (Wildman–Crippen MR) is 199 cm³/mol. The zero-order valence-corrected chi connectivity index (χ0v) is 31.3. The maximum absolute atomic E-state index is 15.1. The van der Waals surface area contributed by atoms with Gasteiger partial charge in [-0.1, -0.05) is 26.0 Å². The van der Waals surface area contributed by atoms with E-state index in [1.54, 1.807) is 30.0 Å². The third-order valence-corrected chi connectivity index (χ3v) is 11.0. The molecule has 2 aromatic rings. The number of methoxy groups -OCH3 is 1. The van der Waals surface area contributed by atoms with Crippen molar-refractivity contribution in [1.82, 2.24) is 14.1 Å². The summed E-state index contributed by atoms with van der Waals surface area (Å²) in [6.07, 6.45) is 4.11. The fraction of sp³-hybridized carbons (Fsp3) is 0.538. The van der Waals surface area contributed by atoms with E-state index in [0.717, 1.165) is 61.2 Å². The van der Waals surface area contributed by atoms with Gasteiger partial charge in [-0.3, -0.25) is 4.79 Å². The van der Waals surface area contributed by atoms with Crippen LogP contribution in [0.25, 0.3) is 6.08 Å². The maximum Gasteiger partial charge on any atom is 0.410 e. The van der Waals surface area contributed by atoms with Crippen LogP contribution >= 0.6 is 11.9 Å². The van der Waals surface area contributed by atoms with Crippen molar-refractivity contribution in [3.8, 4) is 5.75 Å². The highest BCUT2D eigenvalue weighted by molar-refractivity contribution is 7.97. The van der Waals surface area contributed by atoms with Gasteiger partial charge in [0.25, 0.3) is 0 Å². The molecule has 51 heavy (non-hydrogen) atoms. The minimum absolute atomic E-state index is 0.0707. The van der Waals surface area contributed by atoms with E-state index in [4.69, 9.17) is 14.2 Å². The van der Waals surface area contributed by atoms with Crippen LogP contribution in [0.4, 0.5) is 14.9 Å². The highest BCUT2D eigenvalue weighted by atomic mass is 32.2. The summed E-state index contributed by atoms with van der Waals surface area (Å²) in [5.41, 5.74) is 2.21.